The molecular weight excluding hydrogens is 443 g/mol. The minimum absolute atomic E-state index is 0.414. The van der Waals surface area contributed by atoms with E-state index in [1.165, 1.54) is 10.9 Å². The highest BCUT2D eigenvalue weighted by Crippen LogP contribution is 2.39. The smallest absolute Gasteiger partial charge is 0.387 e. The standard InChI is InChI=1S/C18H31N6O7P/c1-5-22(6-2)15-12-16(21-18(20-15)23(7-3)8-4)24(10-19-12)17-14(26)13(25)11(31-17)9-30-32(27,28)29/h10-11,13-14,17,25-26H,5-9H2,1-4H3,(H2,27,28,29)/t11-,13-,14-,17-/m1/s1. The van der Waals surface area contributed by atoms with Crippen molar-refractivity contribution in [3.8, 4) is 0 Å². The highest BCUT2D eigenvalue weighted by Gasteiger charge is 2.45. The van der Waals surface area contributed by atoms with Gasteiger partial charge in [0.05, 0.1) is 12.9 Å². The summed E-state index contributed by atoms with van der Waals surface area (Å²) in [6, 6.07) is 0. The number of aliphatic hydroxyl groups excluding tert-OH is 2. The fourth-order valence-corrected chi connectivity index (χ4v) is 4.08. The fourth-order valence-electron chi connectivity index (χ4n) is 3.74. The zero-order valence-electron chi connectivity index (χ0n) is 18.6. The van der Waals surface area contributed by atoms with Gasteiger partial charge < -0.3 is 34.5 Å². The Labute approximate surface area is 185 Å². The lowest BCUT2D eigenvalue weighted by molar-refractivity contribution is -0.0503. The minimum Gasteiger partial charge on any atom is -0.387 e. The van der Waals surface area contributed by atoms with Crippen molar-refractivity contribution in [3.63, 3.8) is 0 Å². The molecule has 2 aromatic rings. The second kappa shape index (κ2) is 9.96. The summed E-state index contributed by atoms with van der Waals surface area (Å²) in [5.74, 6) is 1.15. The molecule has 0 unspecified atom stereocenters. The van der Waals surface area contributed by atoms with Crippen molar-refractivity contribution < 1.29 is 33.8 Å². The number of phosphoric acid groups is 1. The van der Waals surface area contributed by atoms with Gasteiger partial charge in [0.1, 0.15) is 18.3 Å². The molecule has 3 rings (SSSR count). The third-order valence-electron chi connectivity index (χ3n) is 5.52. The lowest BCUT2D eigenvalue weighted by Gasteiger charge is -2.24. The van der Waals surface area contributed by atoms with E-state index >= 15 is 0 Å². The molecule has 0 spiro atoms. The topological polar surface area (TPSA) is 167 Å². The Hall–Kier alpha value is -1.86. The summed E-state index contributed by atoms with van der Waals surface area (Å²) in [5.41, 5.74) is 0.932. The van der Waals surface area contributed by atoms with E-state index in [-0.39, 0.29) is 0 Å². The summed E-state index contributed by atoms with van der Waals surface area (Å²) in [4.78, 5) is 35.7. The van der Waals surface area contributed by atoms with E-state index in [2.05, 4.69) is 14.5 Å². The van der Waals surface area contributed by atoms with Crippen molar-refractivity contribution >= 4 is 30.8 Å². The van der Waals surface area contributed by atoms with Crippen LogP contribution in [0.5, 0.6) is 0 Å². The number of aliphatic hydroxyl groups is 2. The summed E-state index contributed by atoms with van der Waals surface area (Å²) in [7, 11) is -4.76. The molecule has 0 aliphatic carbocycles. The lowest BCUT2D eigenvalue weighted by Crippen LogP contribution is -2.33. The molecule has 0 saturated carbocycles. The van der Waals surface area contributed by atoms with Crippen LogP contribution in [0, 0.1) is 0 Å². The van der Waals surface area contributed by atoms with Crippen molar-refractivity contribution in [2.45, 2.75) is 52.2 Å². The molecule has 32 heavy (non-hydrogen) atoms. The average Bonchev–Trinajstić information content (AvgIpc) is 3.29. The number of phosphoric ester groups is 1. The van der Waals surface area contributed by atoms with E-state index in [1.807, 2.05) is 37.5 Å². The van der Waals surface area contributed by atoms with Crippen molar-refractivity contribution in [1.82, 2.24) is 19.5 Å². The highest BCUT2D eigenvalue weighted by molar-refractivity contribution is 7.46. The third-order valence-corrected chi connectivity index (χ3v) is 6.00. The van der Waals surface area contributed by atoms with E-state index in [0.29, 0.717) is 49.1 Å². The van der Waals surface area contributed by atoms with Gasteiger partial charge in [-0.2, -0.15) is 9.97 Å². The number of rotatable bonds is 10. The van der Waals surface area contributed by atoms with Crippen LogP contribution in [0.2, 0.25) is 0 Å². The Bertz CT molecular complexity index is 961. The second-order valence-electron chi connectivity index (χ2n) is 7.35. The van der Waals surface area contributed by atoms with Crippen LogP contribution in [0.4, 0.5) is 11.8 Å². The van der Waals surface area contributed by atoms with Gasteiger partial charge in [0, 0.05) is 26.2 Å². The summed E-state index contributed by atoms with van der Waals surface area (Å²) in [5, 5.41) is 20.9. The quantitative estimate of drug-likeness (QED) is 0.347. The maximum atomic E-state index is 11.0. The number of ether oxygens (including phenoxy) is 1. The molecular formula is C18H31N6O7P. The molecule has 0 bridgehead atoms. The number of imidazole rings is 1. The number of aromatic nitrogens is 4. The molecule has 0 amide bonds. The Balaban J connectivity index is 2.04. The van der Waals surface area contributed by atoms with Crippen molar-refractivity contribution in [3.05, 3.63) is 6.33 Å². The summed E-state index contributed by atoms with van der Waals surface area (Å²) in [6.45, 7) is 10.2. The Morgan fingerprint density at radius 3 is 2.25 bits per heavy atom. The van der Waals surface area contributed by atoms with Crippen molar-refractivity contribution in [2.24, 2.45) is 0 Å². The van der Waals surface area contributed by atoms with Crippen LogP contribution in [0.15, 0.2) is 6.33 Å². The molecule has 4 N–H and O–H groups in total. The molecule has 3 heterocycles. The van der Waals surface area contributed by atoms with Gasteiger partial charge >= 0.3 is 7.82 Å². The molecule has 1 aliphatic heterocycles. The molecule has 1 aliphatic rings. The first-order chi connectivity index (χ1) is 15.1. The summed E-state index contributed by atoms with van der Waals surface area (Å²) in [6.07, 6.45) is -3.58. The first kappa shape index (κ1) is 24.8. The number of hydrogen-bond donors (Lipinski definition) is 4. The molecule has 1 fully saturated rings. The molecule has 0 radical (unpaired) electrons. The highest BCUT2D eigenvalue weighted by atomic mass is 31.2. The van der Waals surface area contributed by atoms with Gasteiger partial charge in [-0.25, -0.2) is 9.55 Å². The van der Waals surface area contributed by atoms with Crippen LogP contribution in [0.25, 0.3) is 11.2 Å². The molecule has 14 heteroatoms. The predicted octanol–water partition coefficient (Wildman–Crippen LogP) is 0.247. The predicted molar refractivity (Wildman–Crippen MR) is 116 cm³/mol. The van der Waals surface area contributed by atoms with Crippen LogP contribution >= 0.6 is 7.82 Å². The lowest BCUT2D eigenvalue weighted by atomic mass is 10.1. The molecule has 0 aromatic carbocycles. The maximum absolute atomic E-state index is 11.0. The minimum atomic E-state index is -4.76. The average molecular weight is 474 g/mol. The van der Waals surface area contributed by atoms with Gasteiger partial charge in [-0.3, -0.25) is 9.09 Å². The number of fused-ring (bicyclic) bond motifs is 1. The zero-order valence-corrected chi connectivity index (χ0v) is 19.5. The molecule has 2 aromatic heterocycles. The molecule has 4 atom stereocenters. The monoisotopic (exact) mass is 474 g/mol. The van der Waals surface area contributed by atoms with Crippen molar-refractivity contribution in [2.75, 3.05) is 42.6 Å². The second-order valence-corrected chi connectivity index (χ2v) is 8.59. The van der Waals surface area contributed by atoms with Crippen LogP contribution in [0.1, 0.15) is 33.9 Å². The number of nitrogens with zero attached hydrogens (tertiary/aromatic N) is 6. The summed E-state index contributed by atoms with van der Waals surface area (Å²) < 4.78 is 22.7. The first-order valence-corrected chi connectivity index (χ1v) is 12.1. The third kappa shape index (κ3) is 4.88. The molecule has 180 valence electrons. The Morgan fingerprint density at radius 1 is 1.06 bits per heavy atom. The molecule has 13 nitrogen and oxygen atoms in total. The van der Waals surface area contributed by atoms with Crippen molar-refractivity contribution in [1.29, 1.82) is 0 Å². The van der Waals surface area contributed by atoms with E-state index in [9.17, 15) is 14.8 Å². The van der Waals surface area contributed by atoms with Gasteiger partial charge in [-0.15, -0.1) is 0 Å². The van der Waals surface area contributed by atoms with Gasteiger partial charge in [0.15, 0.2) is 23.2 Å². The van der Waals surface area contributed by atoms with E-state index in [1.54, 1.807) is 0 Å². The van der Waals surface area contributed by atoms with Crippen LogP contribution < -0.4 is 9.80 Å². The number of anilines is 2. The van der Waals surface area contributed by atoms with Crippen LogP contribution in [-0.2, 0) is 13.8 Å². The largest absolute Gasteiger partial charge is 0.469 e. The fraction of sp³-hybridized carbons (Fsp3) is 0.722. The van der Waals surface area contributed by atoms with Crippen LogP contribution in [0.3, 0.4) is 0 Å². The van der Waals surface area contributed by atoms with Gasteiger partial charge in [-0.05, 0) is 27.7 Å². The zero-order chi connectivity index (χ0) is 23.6. The van der Waals surface area contributed by atoms with Gasteiger partial charge in [0.25, 0.3) is 0 Å². The van der Waals surface area contributed by atoms with Gasteiger partial charge in [-0.1, -0.05) is 0 Å². The van der Waals surface area contributed by atoms with E-state index < -0.39 is 39.0 Å². The Morgan fingerprint density at radius 2 is 1.69 bits per heavy atom. The first-order valence-electron chi connectivity index (χ1n) is 10.6. The molecule has 1 saturated heterocycles. The number of hydrogen-bond acceptors (Lipinski definition) is 10. The van der Waals surface area contributed by atoms with Crippen LogP contribution in [-0.4, -0.2) is 90.6 Å². The van der Waals surface area contributed by atoms with E-state index in [4.69, 9.17) is 19.5 Å². The normalized spacial score (nSPS) is 23.8. The SMILES string of the molecule is CCN(CC)c1nc(N(CC)CC)c2ncn([C@@H]3O[C@H](COP(=O)(O)O)[C@@H](O)[C@H]3O)c2n1. The summed E-state index contributed by atoms with van der Waals surface area (Å²) >= 11 is 0. The van der Waals surface area contributed by atoms with Gasteiger partial charge in [0.2, 0.25) is 5.95 Å². The van der Waals surface area contributed by atoms with E-state index in [0.717, 1.165) is 0 Å². The Kier molecular flexibility index (Phi) is 7.71. The maximum Gasteiger partial charge on any atom is 0.469 e.